The van der Waals surface area contributed by atoms with Crippen molar-refractivity contribution in [3.05, 3.63) is 68.8 Å². The zero-order valence-corrected chi connectivity index (χ0v) is 19.4. The Labute approximate surface area is 194 Å². The fourth-order valence-electron chi connectivity index (χ4n) is 4.32. The van der Waals surface area contributed by atoms with E-state index in [9.17, 15) is 31.5 Å². The van der Waals surface area contributed by atoms with Crippen molar-refractivity contribution in [1.82, 2.24) is 4.31 Å². The van der Waals surface area contributed by atoms with Crippen molar-refractivity contribution in [2.75, 3.05) is 26.2 Å². The first-order chi connectivity index (χ1) is 16.0. The lowest BCUT2D eigenvalue weighted by Crippen LogP contribution is -3.13. The number of piperazine rings is 1. The number of hydrogen-bond donors (Lipinski definition) is 2. The van der Waals surface area contributed by atoms with Crippen molar-refractivity contribution in [1.29, 1.82) is 0 Å². The van der Waals surface area contributed by atoms with E-state index in [0.717, 1.165) is 20.2 Å². The van der Waals surface area contributed by atoms with E-state index in [4.69, 9.17) is 4.42 Å². The Morgan fingerprint density at radius 3 is 2.44 bits per heavy atom. The lowest BCUT2D eigenvalue weighted by atomic mass is 9.99. The Bertz CT molecular complexity index is 1430. The standard InChI is InChI=1S/C23H23F3N2O5S/c1-3-14-11-15-13(2)10-19(29)33-23(15)16(22(14)30)12-27-6-8-28(9-7-27)34(31,32)18-5-4-17(24)20(25)21(18)26/h4-5,10-11,30H,3,6-9,12H2,1-2H3/p+1. The number of quaternary nitrogens is 1. The van der Waals surface area contributed by atoms with Crippen LogP contribution < -0.4 is 10.5 Å². The Kier molecular flexibility index (Phi) is 6.45. The maximum Gasteiger partial charge on any atom is 0.336 e. The molecule has 7 nitrogen and oxygen atoms in total. The molecular weight excluding hydrogens is 473 g/mol. The average Bonchev–Trinajstić information content (AvgIpc) is 2.79. The van der Waals surface area contributed by atoms with E-state index >= 15 is 0 Å². The van der Waals surface area contributed by atoms with E-state index in [1.807, 2.05) is 6.92 Å². The number of hydrogen-bond acceptors (Lipinski definition) is 5. The summed E-state index contributed by atoms with van der Waals surface area (Å²) in [5, 5.41) is 11.5. The summed E-state index contributed by atoms with van der Waals surface area (Å²) in [6.07, 6.45) is 0.564. The molecule has 34 heavy (non-hydrogen) atoms. The molecule has 4 rings (SSSR count). The van der Waals surface area contributed by atoms with Gasteiger partial charge in [0.15, 0.2) is 23.0 Å². The highest BCUT2D eigenvalue weighted by atomic mass is 32.2. The summed E-state index contributed by atoms with van der Waals surface area (Å²) < 4.78 is 73.0. The molecule has 0 radical (unpaired) electrons. The first-order valence-corrected chi connectivity index (χ1v) is 12.2. The summed E-state index contributed by atoms with van der Waals surface area (Å²) in [6.45, 7) is 4.57. The molecule has 0 saturated carbocycles. The average molecular weight is 498 g/mol. The molecule has 1 aliphatic rings. The van der Waals surface area contributed by atoms with Gasteiger partial charge in [0.25, 0.3) is 0 Å². The van der Waals surface area contributed by atoms with Crippen molar-refractivity contribution in [2.45, 2.75) is 31.7 Å². The fourth-order valence-corrected chi connectivity index (χ4v) is 5.81. The van der Waals surface area contributed by atoms with Gasteiger partial charge in [0.2, 0.25) is 10.0 Å². The smallest absolute Gasteiger partial charge is 0.336 e. The van der Waals surface area contributed by atoms with Crippen LogP contribution >= 0.6 is 0 Å². The number of rotatable bonds is 5. The van der Waals surface area contributed by atoms with Crippen LogP contribution in [0.5, 0.6) is 5.75 Å². The van der Waals surface area contributed by atoms with Crippen LogP contribution in [-0.4, -0.2) is 44.0 Å². The van der Waals surface area contributed by atoms with Gasteiger partial charge in [-0.1, -0.05) is 6.92 Å². The fraction of sp³-hybridized carbons (Fsp3) is 0.348. The van der Waals surface area contributed by atoms with Crippen LogP contribution in [0.2, 0.25) is 0 Å². The Hall–Kier alpha value is -2.89. The predicted octanol–water partition coefficient (Wildman–Crippen LogP) is 1.88. The number of nitrogens with zero attached hydrogens (tertiary/aromatic N) is 1. The Morgan fingerprint density at radius 2 is 1.79 bits per heavy atom. The zero-order valence-electron chi connectivity index (χ0n) is 18.6. The molecule has 0 bridgehead atoms. The van der Waals surface area contributed by atoms with Gasteiger partial charge in [-0.3, -0.25) is 0 Å². The summed E-state index contributed by atoms with van der Waals surface area (Å²) in [4.78, 5) is 12.0. The highest BCUT2D eigenvalue weighted by Gasteiger charge is 2.34. The van der Waals surface area contributed by atoms with Crippen LogP contribution in [-0.2, 0) is 23.0 Å². The molecule has 3 aromatic rings. The third kappa shape index (κ3) is 4.19. The molecule has 1 saturated heterocycles. The van der Waals surface area contributed by atoms with Gasteiger partial charge < -0.3 is 14.4 Å². The van der Waals surface area contributed by atoms with Gasteiger partial charge >= 0.3 is 5.63 Å². The van der Waals surface area contributed by atoms with Crippen molar-refractivity contribution in [3.8, 4) is 5.75 Å². The van der Waals surface area contributed by atoms with Crippen molar-refractivity contribution >= 4 is 21.0 Å². The maximum atomic E-state index is 14.1. The zero-order chi connectivity index (χ0) is 24.8. The molecule has 1 aliphatic heterocycles. The summed E-state index contributed by atoms with van der Waals surface area (Å²) in [6, 6.07) is 4.48. The second-order valence-corrected chi connectivity index (χ2v) is 10.3. The van der Waals surface area contributed by atoms with E-state index in [0.29, 0.717) is 48.4 Å². The lowest BCUT2D eigenvalue weighted by molar-refractivity contribution is -0.917. The molecule has 2 heterocycles. The molecule has 11 heteroatoms. The van der Waals surface area contributed by atoms with Crippen molar-refractivity contribution in [3.63, 3.8) is 0 Å². The molecular formula is C23H24F3N2O5S+. The van der Waals surface area contributed by atoms with Crippen LogP contribution in [0.3, 0.4) is 0 Å². The van der Waals surface area contributed by atoms with Crippen LogP contribution in [0.25, 0.3) is 11.0 Å². The van der Waals surface area contributed by atoms with Crippen LogP contribution in [0, 0.1) is 24.4 Å². The first kappa shape index (κ1) is 24.2. The van der Waals surface area contributed by atoms with E-state index in [1.165, 1.54) is 6.07 Å². The Balaban J connectivity index is 1.59. The molecule has 0 atom stereocenters. The number of sulfonamides is 1. The molecule has 1 fully saturated rings. The molecule has 0 aliphatic carbocycles. The SMILES string of the molecule is CCc1cc2c(C)cc(=O)oc2c(C[NH+]2CCN(S(=O)(=O)c3ccc(F)c(F)c3F)CC2)c1O. The van der Waals surface area contributed by atoms with E-state index in [1.54, 1.807) is 13.0 Å². The molecule has 1 aromatic heterocycles. The molecule has 0 unspecified atom stereocenters. The number of benzene rings is 2. The molecule has 2 N–H and O–H groups in total. The van der Waals surface area contributed by atoms with Gasteiger partial charge in [0.1, 0.15) is 17.2 Å². The first-order valence-electron chi connectivity index (χ1n) is 10.8. The van der Waals surface area contributed by atoms with E-state index in [2.05, 4.69) is 0 Å². The van der Waals surface area contributed by atoms with Crippen molar-refractivity contribution < 1.29 is 36.0 Å². The molecule has 0 spiro atoms. The highest BCUT2D eigenvalue weighted by molar-refractivity contribution is 7.89. The van der Waals surface area contributed by atoms with Gasteiger partial charge in [-0.2, -0.15) is 4.31 Å². The minimum Gasteiger partial charge on any atom is -0.507 e. The number of phenols is 1. The minimum atomic E-state index is -4.36. The molecule has 182 valence electrons. The van der Waals surface area contributed by atoms with Gasteiger partial charge in [-0.25, -0.2) is 26.4 Å². The summed E-state index contributed by atoms with van der Waals surface area (Å²) >= 11 is 0. The summed E-state index contributed by atoms with van der Waals surface area (Å²) in [7, 11) is -4.36. The predicted molar refractivity (Wildman–Crippen MR) is 118 cm³/mol. The Morgan fingerprint density at radius 1 is 1.12 bits per heavy atom. The maximum absolute atomic E-state index is 14.1. The van der Waals surface area contributed by atoms with E-state index in [-0.39, 0.29) is 25.4 Å². The second-order valence-electron chi connectivity index (χ2n) is 8.35. The number of fused-ring (bicyclic) bond motifs is 1. The number of phenolic OH excluding ortho intramolecular Hbond substituents is 1. The van der Waals surface area contributed by atoms with E-state index < -0.39 is 38.0 Å². The van der Waals surface area contributed by atoms with Gasteiger partial charge in [0.05, 0.1) is 31.7 Å². The van der Waals surface area contributed by atoms with Gasteiger partial charge in [0, 0.05) is 11.5 Å². The van der Waals surface area contributed by atoms with Crippen molar-refractivity contribution in [2.24, 2.45) is 0 Å². The van der Waals surface area contributed by atoms with Gasteiger partial charge in [-0.05, 0) is 42.7 Å². The van der Waals surface area contributed by atoms with Crippen LogP contribution in [0.15, 0.2) is 38.4 Å². The minimum absolute atomic E-state index is 0.00520. The monoisotopic (exact) mass is 497 g/mol. The number of nitrogens with one attached hydrogen (secondary N) is 1. The second kappa shape index (κ2) is 9.05. The van der Waals surface area contributed by atoms with Crippen LogP contribution in [0.4, 0.5) is 13.2 Å². The number of halogens is 3. The molecule has 0 amide bonds. The quantitative estimate of drug-likeness (QED) is 0.415. The molecule has 2 aromatic carbocycles. The van der Waals surface area contributed by atoms with Crippen LogP contribution in [0.1, 0.15) is 23.6 Å². The number of aromatic hydroxyl groups is 1. The number of aryl methyl sites for hydroxylation is 2. The topological polar surface area (TPSA) is 92.3 Å². The normalized spacial score (nSPS) is 15.8. The largest absolute Gasteiger partial charge is 0.507 e. The van der Waals surface area contributed by atoms with Gasteiger partial charge in [-0.15, -0.1) is 0 Å². The third-order valence-electron chi connectivity index (χ3n) is 6.24. The summed E-state index contributed by atoms with van der Waals surface area (Å²) in [5.41, 5.74) is 1.66. The summed E-state index contributed by atoms with van der Waals surface area (Å²) in [5.74, 6) is -5.00. The highest BCUT2D eigenvalue weighted by Crippen LogP contribution is 2.32. The third-order valence-corrected chi connectivity index (χ3v) is 8.16. The lowest BCUT2D eigenvalue weighted by Gasteiger charge is -2.32.